The van der Waals surface area contributed by atoms with Crippen LogP contribution in [0.25, 0.3) is 10.9 Å². The molecule has 0 fully saturated rings. The monoisotopic (exact) mass is 324 g/mol. The molecule has 5 heteroatoms. The van der Waals surface area contributed by atoms with Crippen LogP contribution in [0.5, 0.6) is 11.5 Å². The zero-order valence-electron chi connectivity index (χ0n) is 14.0. The molecule has 1 aromatic heterocycles. The third-order valence-corrected chi connectivity index (χ3v) is 3.92. The first-order valence-electron chi connectivity index (χ1n) is 7.80. The van der Waals surface area contributed by atoms with Gasteiger partial charge in [-0.05, 0) is 43.3 Å². The molecule has 0 radical (unpaired) electrons. The Hall–Kier alpha value is -2.95. The Morgan fingerprint density at radius 3 is 2.71 bits per heavy atom. The molecule has 5 nitrogen and oxygen atoms in total. The molecular formula is C19H20N2O3. The predicted molar refractivity (Wildman–Crippen MR) is 95.0 cm³/mol. The minimum Gasteiger partial charge on any atom is -0.497 e. The van der Waals surface area contributed by atoms with Crippen LogP contribution in [0.3, 0.4) is 0 Å². The Bertz CT molecular complexity index is 883. The van der Waals surface area contributed by atoms with E-state index in [0.29, 0.717) is 23.7 Å². The zero-order valence-corrected chi connectivity index (χ0v) is 14.0. The first-order chi connectivity index (χ1) is 11.6. The topological polar surface area (TPSA) is 52.5 Å². The zero-order chi connectivity index (χ0) is 17.1. The third-order valence-electron chi connectivity index (χ3n) is 3.92. The van der Waals surface area contributed by atoms with Crippen molar-refractivity contribution in [3.8, 4) is 11.5 Å². The molecule has 3 aromatic rings. The summed E-state index contributed by atoms with van der Waals surface area (Å²) < 4.78 is 12.7. The fourth-order valence-corrected chi connectivity index (χ4v) is 2.71. The quantitative estimate of drug-likeness (QED) is 0.776. The Morgan fingerprint density at radius 1 is 1.17 bits per heavy atom. The molecule has 1 heterocycles. The summed E-state index contributed by atoms with van der Waals surface area (Å²) in [5, 5.41) is 3.88. The molecule has 1 amide bonds. The summed E-state index contributed by atoms with van der Waals surface area (Å²) >= 11 is 0. The molecule has 1 N–H and O–H groups in total. The van der Waals surface area contributed by atoms with Crippen molar-refractivity contribution in [2.75, 3.05) is 19.0 Å². The van der Waals surface area contributed by atoms with Gasteiger partial charge in [0.1, 0.15) is 17.2 Å². The normalized spacial score (nSPS) is 10.6. The van der Waals surface area contributed by atoms with Gasteiger partial charge in [0.15, 0.2) is 0 Å². The lowest BCUT2D eigenvalue weighted by molar-refractivity contribution is 0.101. The summed E-state index contributed by atoms with van der Waals surface area (Å²) in [5.74, 6) is 1.25. The van der Waals surface area contributed by atoms with Gasteiger partial charge in [-0.3, -0.25) is 4.79 Å². The van der Waals surface area contributed by atoms with Crippen LogP contribution in [0.15, 0.2) is 48.5 Å². The molecule has 0 saturated carbocycles. The SMILES string of the molecule is CCOc1ccccc1NC(=O)c1cc2cc(OC)ccc2n1C. The smallest absolute Gasteiger partial charge is 0.272 e. The highest BCUT2D eigenvalue weighted by Gasteiger charge is 2.15. The van der Waals surface area contributed by atoms with Gasteiger partial charge in [-0.1, -0.05) is 12.1 Å². The van der Waals surface area contributed by atoms with E-state index in [1.807, 2.05) is 67.1 Å². The molecular weight excluding hydrogens is 304 g/mol. The number of methoxy groups -OCH3 is 1. The number of anilines is 1. The van der Waals surface area contributed by atoms with Gasteiger partial charge in [0.05, 0.1) is 19.4 Å². The number of carbonyl (C=O) groups excluding carboxylic acids is 1. The van der Waals surface area contributed by atoms with Gasteiger partial charge in [-0.15, -0.1) is 0 Å². The van der Waals surface area contributed by atoms with E-state index in [-0.39, 0.29) is 5.91 Å². The number of para-hydroxylation sites is 2. The van der Waals surface area contributed by atoms with Gasteiger partial charge in [-0.25, -0.2) is 0 Å². The van der Waals surface area contributed by atoms with Crippen molar-refractivity contribution in [1.82, 2.24) is 4.57 Å². The van der Waals surface area contributed by atoms with Gasteiger partial charge in [0, 0.05) is 18.0 Å². The average molecular weight is 324 g/mol. The molecule has 0 spiro atoms. The summed E-state index contributed by atoms with van der Waals surface area (Å²) in [7, 11) is 3.50. The maximum absolute atomic E-state index is 12.7. The first kappa shape index (κ1) is 15.9. The first-order valence-corrected chi connectivity index (χ1v) is 7.80. The number of aromatic nitrogens is 1. The summed E-state index contributed by atoms with van der Waals surface area (Å²) in [4.78, 5) is 12.7. The van der Waals surface area contributed by atoms with Crippen LogP contribution >= 0.6 is 0 Å². The molecule has 0 unspecified atom stereocenters. The van der Waals surface area contributed by atoms with E-state index in [1.54, 1.807) is 7.11 Å². The fraction of sp³-hybridized carbons (Fsp3) is 0.211. The van der Waals surface area contributed by atoms with Crippen LogP contribution in [-0.2, 0) is 7.05 Å². The molecule has 124 valence electrons. The summed E-state index contributed by atoms with van der Waals surface area (Å²) in [6.45, 7) is 2.45. The van der Waals surface area contributed by atoms with E-state index in [9.17, 15) is 4.79 Å². The second kappa shape index (κ2) is 6.66. The second-order valence-electron chi connectivity index (χ2n) is 5.40. The van der Waals surface area contributed by atoms with E-state index in [0.717, 1.165) is 16.7 Å². The Kier molecular flexibility index (Phi) is 4.42. The highest BCUT2D eigenvalue weighted by atomic mass is 16.5. The molecule has 0 saturated heterocycles. The van der Waals surface area contributed by atoms with Crippen molar-refractivity contribution < 1.29 is 14.3 Å². The van der Waals surface area contributed by atoms with Gasteiger partial charge in [0.2, 0.25) is 0 Å². The number of benzene rings is 2. The van der Waals surface area contributed by atoms with Crippen LogP contribution in [0.2, 0.25) is 0 Å². The highest BCUT2D eigenvalue weighted by Crippen LogP contribution is 2.27. The molecule has 24 heavy (non-hydrogen) atoms. The number of ether oxygens (including phenoxy) is 2. The van der Waals surface area contributed by atoms with Crippen molar-refractivity contribution in [3.05, 3.63) is 54.2 Å². The fourth-order valence-electron chi connectivity index (χ4n) is 2.71. The van der Waals surface area contributed by atoms with Crippen molar-refractivity contribution in [2.45, 2.75) is 6.92 Å². The minimum absolute atomic E-state index is 0.181. The standard InChI is InChI=1S/C19H20N2O3/c1-4-24-18-8-6-5-7-15(18)20-19(22)17-12-13-11-14(23-3)9-10-16(13)21(17)2/h5-12H,4H2,1-3H3,(H,20,22). The van der Waals surface area contributed by atoms with Crippen LogP contribution in [0.1, 0.15) is 17.4 Å². The van der Waals surface area contributed by atoms with E-state index < -0.39 is 0 Å². The van der Waals surface area contributed by atoms with Gasteiger partial charge in [0.25, 0.3) is 5.91 Å². The molecule has 0 atom stereocenters. The number of nitrogens with zero attached hydrogens (tertiary/aromatic N) is 1. The van der Waals surface area contributed by atoms with Gasteiger partial charge in [-0.2, -0.15) is 0 Å². The summed E-state index contributed by atoms with van der Waals surface area (Å²) in [6, 6.07) is 15.0. The van der Waals surface area contributed by atoms with E-state index in [1.165, 1.54) is 0 Å². The van der Waals surface area contributed by atoms with Gasteiger partial charge < -0.3 is 19.4 Å². The number of fused-ring (bicyclic) bond motifs is 1. The van der Waals surface area contributed by atoms with Crippen molar-refractivity contribution in [1.29, 1.82) is 0 Å². The predicted octanol–water partition coefficient (Wildman–Crippen LogP) is 3.84. The van der Waals surface area contributed by atoms with E-state index in [2.05, 4.69) is 5.32 Å². The maximum Gasteiger partial charge on any atom is 0.272 e. The largest absolute Gasteiger partial charge is 0.497 e. The van der Waals surface area contributed by atoms with E-state index in [4.69, 9.17) is 9.47 Å². The number of carbonyl (C=O) groups is 1. The Labute approximate surface area is 140 Å². The molecule has 3 rings (SSSR count). The molecule has 0 aliphatic heterocycles. The number of hydrogen-bond acceptors (Lipinski definition) is 3. The van der Waals surface area contributed by atoms with Crippen molar-refractivity contribution in [2.24, 2.45) is 7.05 Å². The number of amides is 1. The number of hydrogen-bond donors (Lipinski definition) is 1. The minimum atomic E-state index is -0.181. The Morgan fingerprint density at radius 2 is 1.96 bits per heavy atom. The van der Waals surface area contributed by atoms with Crippen LogP contribution in [0.4, 0.5) is 5.69 Å². The lowest BCUT2D eigenvalue weighted by atomic mass is 10.2. The molecule has 0 aliphatic carbocycles. The summed E-state index contributed by atoms with van der Waals surface area (Å²) in [5.41, 5.74) is 2.20. The Balaban J connectivity index is 1.93. The number of aryl methyl sites for hydroxylation is 1. The molecule has 0 aliphatic rings. The summed E-state index contributed by atoms with van der Waals surface area (Å²) in [6.07, 6.45) is 0. The number of nitrogens with one attached hydrogen (secondary N) is 1. The maximum atomic E-state index is 12.7. The number of rotatable bonds is 5. The van der Waals surface area contributed by atoms with Crippen molar-refractivity contribution in [3.63, 3.8) is 0 Å². The second-order valence-corrected chi connectivity index (χ2v) is 5.40. The average Bonchev–Trinajstić information content (AvgIpc) is 2.93. The third kappa shape index (κ3) is 2.93. The lowest BCUT2D eigenvalue weighted by Gasteiger charge is -2.11. The molecule has 0 bridgehead atoms. The molecule has 2 aromatic carbocycles. The van der Waals surface area contributed by atoms with Crippen molar-refractivity contribution >= 4 is 22.5 Å². The van der Waals surface area contributed by atoms with E-state index >= 15 is 0 Å². The van der Waals surface area contributed by atoms with Gasteiger partial charge >= 0.3 is 0 Å². The van der Waals surface area contributed by atoms with Crippen LogP contribution in [-0.4, -0.2) is 24.2 Å². The van der Waals surface area contributed by atoms with Crippen LogP contribution in [0, 0.1) is 0 Å². The lowest BCUT2D eigenvalue weighted by Crippen LogP contribution is -2.16. The highest BCUT2D eigenvalue weighted by molar-refractivity contribution is 6.07. The van der Waals surface area contributed by atoms with Crippen LogP contribution < -0.4 is 14.8 Å².